The summed E-state index contributed by atoms with van der Waals surface area (Å²) in [6.07, 6.45) is 1.65. The lowest BCUT2D eigenvalue weighted by Gasteiger charge is -2.06. The fraction of sp³-hybridized carbons (Fsp3) is 0.556. The van der Waals surface area contributed by atoms with E-state index < -0.39 is 5.97 Å². The van der Waals surface area contributed by atoms with Crippen LogP contribution in [0.15, 0.2) is 11.8 Å². The second kappa shape index (κ2) is 5.35. The smallest absolute Gasteiger partial charge is 0.354 e. The van der Waals surface area contributed by atoms with Gasteiger partial charge in [0.2, 0.25) is 5.91 Å². The molecule has 0 fully saturated rings. The van der Waals surface area contributed by atoms with Gasteiger partial charge in [0.25, 0.3) is 0 Å². The average Bonchev–Trinajstić information content (AvgIpc) is 2.00. The Morgan fingerprint density at radius 2 is 1.92 bits per heavy atom. The highest BCUT2D eigenvalue weighted by Gasteiger charge is 2.10. The molecule has 0 radical (unpaired) electrons. The van der Waals surface area contributed by atoms with Crippen LogP contribution in [0.1, 0.15) is 20.8 Å². The highest BCUT2D eigenvalue weighted by molar-refractivity contribution is 5.93. The van der Waals surface area contributed by atoms with Crippen LogP contribution in [0, 0.1) is 5.92 Å². The molecular formula is C9H15NO3. The molecule has 0 saturated heterocycles. The fourth-order valence-corrected chi connectivity index (χ4v) is 0.794. The van der Waals surface area contributed by atoms with Gasteiger partial charge in [-0.2, -0.15) is 0 Å². The van der Waals surface area contributed by atoms with E-state index in [1.54, 1.807) is 6.08 Å². The monoisotopic (exact) mass is 185 g/mol. The van der Waals surface area contributed by atoms with Crippen LogP contribution in [0.4, 0.5) is 0 Å². The molecule has 0 saturated carbocycles. The number of esters is 1. The van der Waals surface area contributed by atoms with Crippen molar-refractivity contribution in [1.29, 1.82) is 0 Å². The van der Waals surface area contributed by atoms with Gasteiger partial charge in [0.05, 0.1) is 7.11 Å². The Morgan fingerprint density at radius 3 is 2.23 bits per heavy atom. The lowest BCUT2D eigenvalue weighted by molar-refractivity contribution is -0.137. The minimum atomic E-state index is -0.524. The summed E-state index contributed by atoms with van der Waals surface area (Å²) < 4.78 is 4.49. The molecule has 4 nitrogen and oxygen atoms in total. The van der Waals surface area contributed by atoms with Crippen molar-refractivity contribution in [3.8, 4) is 0 Å². The van der Waals surface area contributed by atoms with Crippen molar-refractivity contribution in [2.24, 2.45) is 5.92 Å². The lowest BCUT2D eigenvalue weighted by atomic mass is 10.2. The molecule has 13 heavy (non-hydrogen) atoms. The van der Waals surface area contributed by atoms with E-state index in [0.717, 1.165) is 0 Å². The molecule has 0 bridgehead atoms. The van der Waals surface area contributed by atoms with Gasteiger partial charge >= 0.3 is 5.97 Å². The third-order valence-electron chi connectivity index (χ3n) is 1.22. The topological polar surface area (TPSA) is 55.4 Å². The maximum atomic E-state index is 11.1. The maximum Gasteiger partial charge on any atom is 0.354 e. The first kappa shape index (κ1) is 11.7. The van der Waals surface area contributed by atoms with Gasteiger partial charge in [-0.1, -0.05) is 19.9 Å². The summed E-state index contributed by atoms with van der Waals surface area (Å²) in [5.74, 6) is -0.623. The number of amides is 1. The number of methoxy groups -OCH3 is 1. The third-order valence-corrected chi connectivity index (χ3v) is 1.22. The van der Waals surface area contributed by atoms with Crippen molar-refractivity contribution in [2.45, 2.75) is 20.8 Å². The van der Waals surface area contributed by atoms with E-state index >= 15 is 0 Å². The Morgan fingerprint density at radius 1 is 1.38 bits per heavy atom. The number of allylic oxidation sites excluding steroid dienone is 1. The summed E-state index contributed by atoms with van der Waals surface area (Å²) >= 11 is 0. The first-order valence-corrected chi connectivity index (χ1v) is 4.05. The molecule has 0 aromatic carbocycles. The van der Waals surface area contributed by atoms with E-state index in [4.69, 9.17) is 0 Å². The van der Waals surface area contributed by atoms with Gasteiger partial charge in [-0.25, -0.2) is 4.79 Å². The zero-order valence-corrected chi connectivity index (χ0v) is 8.38. The molecule has 0 aliphatic heterocycles. The van der Waals surface area contributed by atoms with Crippen molar-refractivity contribution < 1.29 is 14.3 Å². The predicted octanol–water partition coefficient (Wildman–Crippen LogP) is 0.835. The molecule has 0 atom stereocenters. The quantitative estimate of drug-likeness (QED) is 0.523. The van der Waals surface area contributed by atoms with E-state index in [-0.39, 0.29) is 17.5 Å². The third kappa shape index (κ3) is 5.00. The predicted molar refractivity (Wildman–Crippen MR) is 48.8 cm³/mol. The number of hydrogen-bond acceptors (Lipinski definition) is 3. The molecule has 0 aliphatic carbocycles. The van der Waals surface area contributed by atoms with Crippen LogP contribution >= 0.6 is 0 Å². The van der Waals surface area contributed by atoms with E-state index in [9.17, 15) is 9.59 Å². The number of ether oxygens (including phenoxy) is 1. The normalized spacial score (nSPS) is 11.3. The number of hydrogen-bond donors (Lipinski definition) is 1. The van der Waals surface area contributed by atoms with Gasteiger partial charge in [0.1, 0.15) is 5.70 Å². The van der Waals surface area contributed by atoms with E-state index in [1.165, 1.54) is 14.0 Å². The van der Waals surface area contributed by atoms with E-state index in [0.29, 0.717) is 0 Å². The molecule has 0 aromatic rings. The van der Waals surface area contributed by atoms with E-state index in [1.807, 2.05) is 13.8 Å². The summed E-state index contributed by atoms with van der Waals surface area (Å²) in [6.45, 7) is 5.16. The van der Waals surface area contributed by atoms with Crippen LogP contribution in [0.2, 0.25) is 0 Å². The molecule has 0 rings (SSSR count). The Bertz CT molecular complexity index is 231. The van der Waals surface area contributed by atoms with Crippen LogP contribution in [0.5, 0.6) is 0 Å². The Balaban J connectivity index is 4.55. The first-order valence-electron chi connectivity index (χ1n) is 4.05. The highest BCUT2D eigenvalue weighted by atomic mass is 16.5. The largest absolute Gasteiger partial charge is 0.464 e. The van der Waals surface area contributed by atoms with Crippen molar-refractivity contribution in [2.75, 3.05) is 7.11 Å². The van der Waals surface area contributed by atoms with Crippen LogP contribution in [-0.4, -0.2) is 19.0 Å². The highest BCUT2D eigenvalue weighted by Crippen LogP contribution is 2.01. The molecule has 0 spiro atoms. The van der Waals surface area contributed by atoms with Gasteiger partial charge in [0.15, 0.2) is 0 Å². The van der Waals surface area contributed by atoms with Gasteiger partial charge < -0.3 is 10.1 Å². The van der Waals surface area contributed by atoms with Gasteiger partial charge in [-0.3, -0.25) is 4.79 Å². The summed E-state index contributed by atoms with van der Waals surface area (Å²) in [6, 6.07) is 0. The average molecular weight is 185 g/mol. The zero-order valence-electron chi connectivity index (χ0n) is 8.38. The standard InChI is InChI=1S/C9H15NO3/c1-6(2)5-8(9(12)13-4)10-7(3)11/h5-6H,1-4H3,(H,10,11). The number of nitrogens with one attached hydrogen (secondary N) is 1. The summed E-state index contributed by atoms with van der Waals surface area (Å²) in [4.78, 5) is 21.8. The second-order valence-electron chi connectivity index (χ2n) is 3.00. The minimum absolute atomic E-state index is 0.181. The maximum absolute atomic E-state index is 11.1. The van der Waals surface area contributed by atoms with Gasteiger partial charge in [0, 0.05) is 6.92 Å². The molecule has 74 valence electrons. The lowest BCUT2D eigenvalue weighted by Crippen LogP contribution is -2.26. The molecule has 1 amide bonds. The van der Waals surface area contributed by atoms with Crippen molar-refractivity contribution in [1.82, 2.24) is 5.32 Å². The van der Waals surface area contributed by atoms with Crippen LogP contribution in [0.25, 0.3) is 0 Å². The van der Waals surface area contributed by atoms with Crippen LogP contribution < -0.4 is 5.32 Å². The Labute approximate surface area is 78.0 Å². The zero-order chi connectivity index (χ0) is 10.4. The summed E-state index contributed by atoms with van der Waals surface area (Å²) in [5, 5.41) is 2.41. The fourth-order valence-electron chi connectivity index (χ4n) is 0.794. The minimum Gasteiger partial charge on any atom is -0.464 e. The van der Waals surface area contributed by atoms with Crippen molar-refractivity contribution in [3.05, 3.63) is 11.8 Å². The number of carbonyl (C=O) groups is 2. The van der Waals surface area contributed by atoms with Crippen LogP contribution in [-0.2, 0) is 14.3 Å². The van der Waals surface area contributed by atoms with Crippen molar-refractivity contribution in [3.63, 3.8) is 0 Å². The molecule has 0 heterocycles. The SMILES string of the molecule is COC(=O)C(=CC(C)C)NC(C)=O. The molecule has 0 aromatic heterocycles. The molecule has 4 heteroatoms. The summed E-state index contributed by atoms with van der Waals surface area (Å²) in [5.41, 5.74) is 0.199. The molecule has 0 aliphatic rings. The molecule has 0 unspecified atom stereocenters. The molecule has 1 N–H and O–H groups in total. The van der Waals surface area contributed by atoms with Gasteiger partial charge in [-0.05, 0) is 5.92 Å². The van der Waals surface area contributed by atoms with Crippen molar-refractivity contribution >= 4 is 11.9 Å². The number of carbonyl (C=O) groups excluding carboxylic acids is 2. The number of rotatable bonds is 3. The first-order chi connectivity index (χ1) is 5.97. The van der Waals surface area contributed by atoms with E-state index in [2.05, 4.69) is 10.1 Å². The Kier molecular flexibility index (Phi) is 4.80. The summed E-state index contributed by atoms with van der Waals surface area (Å²) in [7, 11) is 1.28. The second-order valence-corrected chi connectivity index (χ2v) is 3.00. The van der Waals surface area contributed by atoms with Gasteiger partial charge in [-0.15, -0.1) is 0 Å². The van der Waals surface area contributed by atoms with Crippen LogP contribution in [0.3, 0.4) is 0 Å². The molecular weight excluding hydrogens is 170 g/mol. The Hall–Kier alpha value is -1.32.